The number of rotatable bonds is 5. The molecule has 33 rings (SSSR count). The summed E-state index contributed by atoms with van der Waals surface area (Å²) in [7, 11) is 0. The van der Waals surface area contributed by atoms with E-state index in [0.29, 0.717) is 0 Å². The van der Waals surface area contributed by atoms with Crippen molar-refractivity contribution in [2.45, 2.75) is 12.3 Å². The van der Waals surface area contributed by atoms with Crippen molar-refractivity contribution in [2.24, 2.45) is 0 Å². The maximum Gasteiger partial charge on any atom is 0.333 e. The van der Waals surface area contributed by atoms with Crippen molar-refractivity contribution < 1.29 is 13.3 Å². The zero-order valence-corrected chi connectivity index (χ0v) is 70.9. The fourth-order valence-electron chi connectivity index (χ4n) is 26.0. The fourth-order valence-corrected chi connectivity index (χ4v) is 26.0. The summed E-state index contributed by atoms with van der Waals surface area (Å²) in [5.41, 5.74) is 41.1. The number of furan rings is 3. The van der Waals surface area contributed by atoms with Gasteiger partial charge in [0.05, 0.1) is 5.69 Å². The molecule has 6 aromatic heterocycles. The van der Waals surface area contributed by atoms with E-state index in [1.807, 2.05) is 0 Å². The van der Waals surface area contributed by atoms with Gasteiger partial charge in [-0.15, -0.1) is 0 Å². The molecule has 26 aromatic rings. The summed E-state index contributed by atoms with van der Waals surface area (Å²) in [4.78, 5) is 7.59. The van der Waals surface area contributed by atoms with Crippen LogP contribution in [-0.2, 0) is 0 Å². The standard InChI is InChI=1S/C120H67B3N6O3/c1-4-30-73(31-5-1)124-100-58-68-27-12-10-25-66(68)56-94(100)122-113-103(124)64-93-80-38-16-19-50-105(80)130-119(93)110(113)87-46-24-43-84-90-55-71(52-54-99(90)129(122)116(84)87)77-40-21-47-88-108-107(132-118(77)88)65-104-112-109(108)86-45-23-42-83-79-37-15-18-49-98(79)128(115(83)86)123(112)96-63-89-70(60-101(96)125(104)74-32-6-2-7-33-74)29-20-39-76(89)72-51-53-81-92-62-91-85-44-22-41-82-78-36-14-17-48-97(78)127(114(82)85)121-95-57-67-26-11-13-28-69(67)59-102(95)126(75-34-8-3-9-35-75)117(111(91)121)120(92)131-106(81)61-72/h1-39,41-65,77H,40H2. The molecule has 0 saturated carbocycles. The van der Waals surface area contributed by atoms with E-state index in [0.717, 1.165) is 140 Å². The van der Waals surface area contributed by atoms with Crippen LogP contribution in [0.4, 0.5) is 51.2 Å². The Kier molecular flexibility index (Phi) is 12.9. The van der Waals surface area contributed by atoms with Gasteiger partial charge in [0.1, 0.15) is 28.1 Å². The molecule has 0 saturated heterocycles. The second-order valence-corrected chi connectivity index (χ2v) is 37.4. The third kappa shape index (κ3) is 8.61. The molecular weight excluding hydrogens is 1610 g/mol. The van der Waals surface area contributed by atoms with E-state index in [-0.39, 0.29) is 26.5 Å². The van der Waals surface area contributed by atoms with Crippen LogP contribution in [0.5, 0.6) is 0 Å². The molecule has 132 heavy (non-hydrogen) atoms. The Morgan fingerprint density at radius 2 is 0.758 bits per heavy atom. The van der Waals surface area contributed by atoms with E-state index in [2.05, 4.69) is 416 Å². The smallest absolute Gasteiger partial charge is 0.333 e. The highest BCUT2D eigenvalue weighted by atomic mass is 16.3. The number of nitrogens with zero attached hydrogens (tertiary/aromatic N) is 6. The Morgan fingerprint density at radius 1 is 0.273 bits per heavy atom. The molecule has 0 N–H and O–H groups in total. The molecule has 20 aromatic carbocycles. The second kappa shape index (κ2) is 24.7. The van der Waals surface area contributed by atoms with Gasteiger partial charge in [0, 0.05) is 178 Å². The number of hydrogen-bond acceptors (Lipinski definition) is 6. The Morgan fingerprint density at radius 3 is 1.43 bits per heavy atom. The Labute approximate surface area is 755 Å². The summed E-state index contributed by atoms with van der Waals surface area (Å²) in [6.07, 6.45) is 5.58. The topological polar surface area (TPSA) is 63.9 Å². The van der Waals surface area contributed by atoms with E-state index in [1.165, 1.54) is 164 Å². The van der Waals surface area contributed by atoms with E-state index in [1.54, 1.807) is 0 Å². The molecule has 0 spiro atoms. The zero-order chi connectivity index (χ0) is 85.0. The van der Waals surface area contributed by atoms with Crippen molar-refractivity contribution in [3.05, 3.63) is 399 Å². The maximum absolute atomic E-state index is 7.88. The van der Waals surface area contributed by atoms with Gasteiger partial charge in [-0.1, -0.05) is 273 Å². The number of anilines is 9. The minimum atomic E-state index is -0.266. The first kappa shape index (κ1) is 69.2. The Hall–Kier alpha value is -16.9. The molecule has 0 amide bonds. The van der Waals surface area contributed by atoms with Crippen molar-refractivity contribution >= 4 is 263 Å². The predicted molar refractivity (Wildman–Crippen MR) is 551 cm³/mol. The molecule has 0 radical (unpaired) electrons. The first-order valence-electron chi connectivity index (χ1n) is 46.1. The zero-order valence-electron chi connectivity index (χ0n) is 70.9. The van der Waals surface area contributed by atoms with Crippen molar-refractivity contribution in [1.29, 1.82) is 0 Å². The van der Waals surface area contributed by atoms with Crippen LogP contribution < -0.4 is 47.5 Å². The molecule has 604 valence electrons. The lowest BCUT2D eigenvalue weighted by molar-refractivity contribution is 0.517. The molecule has 0 fully saturated rings. The minimum Gasteiger partial charge on any atom is -0.460 e. The van der Waals surface area contributed by atoms with E-state index >= 15 is 0 Å². The molecule has 7 aliphatic rings. The number of para-hydroxylation sites is 9. The third-order valence-corrected chi connectivity index (χ3v) is 31.1. The monoisotopic (exact) mass is 1670 g/mol. The summed E-state index contributed by atoms with van der Waals surface area (Å²) >= 11 is 0. The fraction of sp³-hybridized carbons (Fsp3) is 0.0167. The molecular formula is C120H67B3N6O3. The van der Waals surface area contributed by atoms with Gasteiger partial charge >= 0.3 is 20.5 Å². The largest absolute Gasteiger partial charge is 0.460 e. The molecule has 1 aliphatic carbocycles. The number of aromatic nitrogens is 3. The first-order chi connectivity index (χ1) is 65.5. The van der Waals surface area contributed by atoms with Gasteiger partial charge in [0.25, 0.3) is 0 Å². The molecule has 12 heteroatoms. The van der Waals surface area contributed by atoms with Gasteiger partial charge in [-0.3, -0.25) is 0 Å². The van der Waals surface area contributed by atoms with Crippen LogP contribution in [0.3, 0.4) is 0 Å². The van der Waals surface area contributed by atoms with Gasteiger partial charge < -0.3 is 41.4 Å². The average Bonchev–Trinajstić information content (AvgIpc) is 1.46. The summed E-state index contributed by atoms with van der Waals surface area (Å²) in [6, 6.07) is 142. The van der Waals surface area contributed by atoms with Gasteiger partial charge in [0.2, 0.25) is 0 Å². The van der Waals surface area contributed by atoms with Crippen molar-refractivity contribution in [2.75, 3.05) is 14.7 Å². The van der Waals surface area contributed by atoms with Crippen molar-refractivity contribution in [1.82, 2.24) is 13.4 Å². The lowest BCUT2D eigenvalue weighted by Gasteiger charge is -2.41. The quantitative estimate of drug-likeness (QED) is 0.160. The molecule has 1 atom stereocenters. The van der Waals surface area contributed by atoms with Crippen molar-refractivity contribution in [3.63, 3.8) is 0 Å². The van der Waals surface area contributed by atoms with Gasteiger partial charge in [-0.25, -0.2) is 0 Å². The number of benzene rings is 20. The van der Waals surface area contributed by atoms with Crippen LogP contribution in [0.1, 0.15) is 29.2 Å². The summed E-state index contributed by atoms with van der Waals surface area (Å²) in [5, 5.41) is 20.1. The van der Waals surface area contributed by atoms with Gasteiger partial charge in [-0.05, 0) is 209 Å². The number of allylic oxidation sites excluding steroid dienone is 1. The highest BCUT2D eigenvalue weighted by molar-refractivity contribution is 6.92. The van der Waals surface area contributed by atoms with E-state index in [9.17, 15) is 0 Å². The van der Waals surface area contributed by atoms with Crippen molar-refractivity contribution in [3.8, 4) is 44.5 Å². The SMILES string of the molecule is C1=Cc2c(oc3cc4c5c(c23)-c2cccc3c6ccccc6n(c23)B5c2cc3c(-c5ccc6c(c5)oc5c7c8c(cc56)-c5cccc6c9ccccc9n(c56)B8c5cc6ccccc6cc5N7c5ccccc5)cccc3cc2N4c2ccccc2)C(c2ccc3c(c2)c2cccc4c2n3B2c3cc5ccccc5cc3N(c3ccccc3)c3cc5c(oc6ccccc65)c-4c32)C1. The highest BCUT2D eigenvalue weighted by Gasteiger charge is 2.50. The van der Waals surface area contributed by atoms with E-state index < -0.39 is 0 Å². The predicted octanol–water partition coefficient (Wildman–Crippen LogP) is 27.5. The molecule has 6 aliphatic heterocycles. The third-order valence-electron chi connectivity index (χ3n) is 31.1. The first-order valence-corrected chi connectivity index (χ1v) is 46.1. The molecule has 1 unspecified atom stereocenters. The summed E-state index contributed by atoms with van der Waals surface area (Å²) in [5.74, 6) is 0.883. The normalized spacial score (nSPS) is 14.6. The number of hydrogen-bond donors (Lipinski definition) is 0. The number of fused-ring (bicyclic) bond motifs is 36. The lowest BCUT2D eigenvalue weighted by atomic mass is 9.44. The van der Waals surface area contributed by atoms with Crippen LogP contribution in [0.2, 0.25) is 0 Å². The second-order valence-electron chi connectivity index (χ2n) is 37.4. The van der Waals surface area contributed by atoms with Gasteiger partial charge in [0.15, 0.2) is 5.58 Å². The van der Waals surface area contributed by atoms with Crippen LogP contribution in [0.15, 0.2) is 395 Å². The van der Waals surface area contributed by atoms with E-state index in [4.69, 9.17) is 13.3 Å². The van der Waals surface area contributed by atoms with Crippen LogP contribution in [-0.4, -0.2) is 34.0 Å². The van der Waals surface area contributed by atoms with Crippen LogP contribution in [0.25, 0.3) is 203 Å². The Balaban J connectivity index is 0.581. The molecule has 9 nitrogen and oxygen atoms in total. The summed E-state index contributed by atoms with van der Waals surface area (Å²) in [6.45, 7) is -0.614. The van der Waals surface area contributed by atoms with Crippen LogP contribution >= 0.6 is 0 Å². The average molecular weight is 1670 g/mol. The Bertz CT molecular complexity index is 9920. The van der Waals surface area contributed by atoms with Crippen LogP contribution in [0, 0.1) is 0 Å². The lowest BCUT2D eigenvalue weighted by Crippen LogP contribution is -2.56. The van der Waals surface area contributed by atoms with Gasteiger partial charge in [-0.2, -0.15) is 0 Å². The summed E-state index contributed by atoms with van der Waals surface area (Å²) < 4.78 is 30.9. The molecule has 12 heterocycles. The minimum absolute atomic E-state index is 0.109. The highest BCUT2D eigenvalue weighted by Crippen LogP contribution is 2.58. The molecule has 0 bridgehead atoms. The maximum atomic E-state index is 7.88.